The summed E-state index contributed by atoms with van der Waals surface area (Å²) in [5.74, 6) is -1.99. The van der Waals surface area contributed by atoms with Gasteiger partial charge in [-0.2, -0.15) is 13.2 Å². The zero-order valence-electron chi connectivity index (χ0n) is 20.4. The van der Waals surface area contributed by atoms with E-state index in [0.717, 1.165) is 12.1 Å². The molecule has 2 fully saturated rings. The highest BCUT2D eigenvalue weighted by Crippen LogP contribution is 2.54. The van der Waals surface area contributed by atoms with Crippen LogP contribution in [0, 0.1) is 11.8 Å². The highest BCUT2D eigenvalue weighted by Gasteiger charge is 2.61. The molecule has 3 aliphatic rings. The molecule has 1 aliphatic heterocycles. The number of hydrogen-bond acceptors (Lipinski definition) is 4. The first-order valence-corrected chi connectivity index (χ1v) is 14.5. The lowest BCUT2D eigenvalue weighted by Gasteiger charge is -2.43. The van der Waals surface area contributed by atoms with Crippen LogP contribution in [-0.2, 0) is 36.8 Å². The van der Waals surface area contributed by atoms with Gasteiger partial charge in [-0.1, -0.05) is 17.7 Å². The van der Waals surface area contributed by atoms with Crippen LogP contribution in [0.5, 0.6) is 0 Å². The smallest absolute Gasteiger partial charge is 0.416 e. The Morgan fingerprint density at radius 2 is 1.61 bits per heavy atom. The van der Waals surface area contributed by atoms with E-state index in [0.29, 0.717) is 41.8 Å². The van der Waals surface area contributed by atoms with Crippen LogP contribution in [0.4, 0.5) is 13.2 Å². The Bertz CT molecular complexity index is 1370. The van der Waals surface area contributed by atoms with Crippen molar-refractivity contribution in [1.29, 1.82) is 0 Å². The largest absolute Gasteiger partial charge is 0.481 e. The molecule has 1 saturated heterocycles. The van der Waals surface area contributed by atoms with Crippen molar-refractivity contribution in [3.63, 3.8) is 0 Å². The van der Waals surface area contributed by atoms with Gasteiger partial charge in [0, 0.05) is 17.5 Å². The van der Waals surface area contributed by atoms with E-state index in [2.05, 4.69) is 0 Å². The molecule has 1 N–H and O–H groups in total. The molecule has 6 nitrogen and oxygen atoms in total. The van der Waals surface area contributed by atoms with Gasteiger partial charge in [-0.15, -0.1) is 0 Å². The Kier molecular flexibility index (Phi) is 6.79. The third-order valence-electron chi connectivity index (χ3n) is 8.53. The molecule has 1 heterocycles. The van der Waals surface area contributed by atoms with Crippen molar-refractivity contribution in [3.8, 4) is 0 Å². The molecular weight excluding hydrogens is 543 g/mol. The Hall–Kier alpha value is -2.59. The SMILES string of the molecule is O=C(O)[C@H]1CC[C@H](C(=O)N2CCC3(S(=O)(=O)c4ccc(Cl)cc4)c4ccc(C(F)(F)F)cc4CCC23)CC1. The van der Waals surface area contributed by atoms with E-state index < -0.39 is 50.2 Å². The number of alkyl halides is 3. The molecule has 2 aliphatic carbocycles. The van der Waals surface area contributed by atoms with Gasteiger partial charge in [0.25, 0.3) is 0 Å². The fourth-order valence-corrected chi connectivity index (χ4v) is 9.11. The number of likely N-dealkylation sites (tertiary alicyclic amines) is 1. The van der Waals surface area contributed by atoms with E-state index in [1.807, 2.05) is 0 Å². The molecule has 11 heteroatoms. The third kappa shape index (κ3) is 4.29. The maximum absolute atomic E-state index is 14.3. The predicted molar refractivity (Wildman–Crippen MR) is 133 cm³/mol. The number of amides is 1. The molecule has 0 spiro atoms. The third-order valence-corrected chi connectivity index (χ3v) is 11.3. The van der Waals surface area contributed by atoms with Crippen molar-refractivity contribution in [3.05, 3.63) is 64.2 Å². The lowest BCUT2D eigenvalue weighted by atomic mass is 9.77. The standard InChI is InChI=1S/C27H27ClF3NO5S/c28-20-7-9-21(10-8-20)38(36,37)26-13-14-32(24(33)16-1-3-17(4-2-16)25(34)35)23(26)12-5-18-15-19(27(29,30)31)6-11-22(18)26/h6-11,15-17,23H,1-5,12-14H2,(H,34,35)/t16-,17-,23?,26?. The number of aryl methyl sites for hydroxylation is 1. The van der Waals surface area contributed by atoms with Gasteiger partial charge in [-0.05, 0) is 92.5 Å². The highest BCUT2D eigenvalue weighted by molar-refractivity contribution is 7.92. The number of carbonyl (C=O) groups is 2. The first-order chi connectivity index (χ1) is 17.9. The quantitative estimate of drug-likeness (QED) is 0.527. The van der Waals surface area contributed by atoms with Crippen molar-refractivity contribution in [2.75, 3.05) is 6.54 Å². The summed E-state index contributed by atoms with van der Waals surface area (Å²) in [7, 11) is -4.17. The summed E-state index contributed by atoms with van der Waals surface area (Å²) in [5, 5.41) is 9.64. The minimum absolute atomic E-state index is 0.00378. The second-order valence-corrected chi connectivity index (χ2v) is 13.1. The first kappa shape index (κ1) is 27.0. The lowest BCUT2D eigenvalue weighted by Crippen LogP contribution is -2.53. The number of carboxylic acid groups (broad SMARTS) is 1. The molecule has 5 rings (SSSR count). The maximum Gasteiger partial charge on any atom is 0.416 e. The number of carboxylic acids is 1. The average molecular weight is 570 g/mol. The van der Waals surface area contributed by atoms with Crippen molar-refractivity contribution in [1.82, 2.24) is 4.90 Å². The second-order valence-electron chi connectivity index (χ2n) is 10.4. The minimum Gasteiger partial charge on any atom is -0.481 e. The summed E-state index contributed by atoms with van der Waals surface area (Å²) in [4.78, 5) is 26.6. The van der Waals surface area contributed by atoms with Crippen LogP contribution in [-0.4, -0.2) is 42.9 Å². The fourth-order valence-electron chi connectivity index (χ4n) is 6.61. The number of hydrogen-bond donors (Lipinski definition) is 1. The summed E-state index contributed by atoms with van der Waals surface area (Å²) >= 11 is 5.99. The van der Waals surface area contributed by atoms with Gasteiger partial charge in [0.1, 0.15) is 4.75 Å². The van der Waals surface area contributed by atoms with Crippen LogP contribution in [0.1, 0.15) is 55.2 Å². The van der Waals surface area contributed by atoms with Gasteiger partial charge in [0.15, 0.2) is 9.84 Å². The van der Waals surface area contributed by atoms with Crippen LogP contribution in [0.25, 0.3) is 0 Å². The van der Waals surface area contributed by atoms with E-state index in [-0.39, 0.29) is 36.6 Å². The van der Waals surface area contributed by atoms with Crippen molar-refractivity contribution >= 4 is 33.3 Å². The molecule has 0 aromatic heterocycles. The summed E-state index contributed by atoms with van der Waals surface area (Å²) in [5.41, 5.74) is -0.207. The topological polar surface area (TPSA) is 91.8 Å². The number of carbonyl (C=O) groups excluding carboxylic acids is 1. The Morgan fingerprint density at radius 3 is 2.21 bits per heavy atom. The summed E-state index contributed by atoms with van der Waals surface area (Å²) < 4.78 is 67.5. The van der Waals surface area contributed by atoms with Crippen LogP contribution in [0.2, 0.25) is 5.02 Å². The molecule has 38 heavy (non-hydrogen) atoms. The van der Waals surface area contributed by atoms with Crippen molar-refractivity contribution < 1.29 is 36.3 Å². The Labute approximate surface area is 223 Å². The van der Waals surface area contributed by atoms with Gasteiger partial charge in [0.2, 0.25) is 5.91 Å². The number of halogens is 4. The van der Waals surface area contributed by atoms with Crippen LogP contribution >= 0.6 is 11.6 Å². The number of rotatable bonds is 4. The molecule has 2 aromatic carbocycles. The molecule has 2 atom stereocenters. The Balaban J connectivity index is 1.57. The normalized spacial score (nSPS) is 27.5. The molecule has 204 valence electrons. The van der Waals surface area contributed by atoms with Crippen molar-refractivity contribution in [2.45, 2.75) is 66.8 Å². The summed E-state index contributed by atoms with van der Waals surface area (Å²) in [6.07, 6.45) is -2.54. The van der Waals surface area contributed by atoms with Crippen LogP contribution in [0.15, 0.2) is 47.4 Å². The number of sulfone groups is 1. The first-order valence-electron chi connectivity index (χ1n) is 12.6. The summed E-state index contributed by atoms with van der Waals surface area (Å²) in [6, 6.07) is 8.14. The zero-order chi connectivity index (χ0) is 27.5. The van der Waals surface area contributed by atoms with Gasteiger partial charge in [-0.25, -0.2) is 8.42 Å². The number of aliphatic carboxylic acids is 1. The number of benzene rings is 2. The van der Waals surface area contributed by atoms with Crippen LogP contribution < -0.4 is 0 Å². The monoisotopic (exact) mass is 569 g/mol. The fraction of sp³-hybridized carbons (Fsp3) is 0.481. The molecule has 2 unspecified atom stereocenters. The summed E-state index contributed by atoms with van der Waals surface area (Å²) in [6.45, 7) is 0.148. The minimum atomic E-state index is -4.57. The number of nitrogens with zero attached hydrogens (tertiary/aromatic N) is 1. The molecule has 1 amide bonds. The molecule has 0 bridgehead atoms. The van der Waals surface area contributed by atoms with E-state index in [9.17, 15) is 36.3 Å². The zero-order valence-corrected chi connectivity index (χ0v) is 22.0. The lowest BCUT2D eigenvalue weighted by molar-refractivity contribution is -0.146. The van der Waals surface area contributed by atoms with E-state index in [1.165, 1.54) is 30.3 Å². The van der Waals surface area contributed by atoms with Gasteiger partial charge in [-0.3, -0.25) is 9.59 Å². The molecule has 0 radical (unpaired) electrons. The average Bonchev–Trinajstić information content (AvgIpc) is 3.29. The molecule has 1 saturated carbocycles. The number of fused-ring (bicyclic) bond motifs is 3. The van der Waals surface area contributed by atoms with E-state index in [1.54, 1.807) is 4.90 Å². The van der Waals surface area contributed by atoms with E-state index in [4.69, 9.17) is 11.6 Å². The van der Waals surface area contributed by atoms with Crippen molar-refractivity contribution in [2.24, 2.45) is 11.8 Å². The highest BCUT2D eigenvalue weighted by atomic mass is 35.5. The predicted octanol–water partition coefficient (Wildman–Crippen LogP) is 5.47. The van der Waals surface area contributed by atoms with Crippen LogP contribution in [0.3, 0.4) is 0 Å². The van der Waals surface area contributed by atoms with Gasteiger partial charge in [0.05, 0.1) is 22.4 Å². The maximum atomic E-state index is 14.3. The van der Waals surface area contributed by atoms with Gasteiger partial charge >= 0.3 is 12.1 Å². The van der Waals surface area contributed by atoms with E-state index >= 15 is 0 Å². The Morgan fingerprint density at radius 1 is 0.974 bits per heavy atom. The second kappa shape index (κ2) is 9.55. The molecule has 2 aromatic rings. The molecular formula is C27H27ClF3NO5S. The van der Waals surface area contributed by atoms with Gasteiger partial charge < -0.3 is 10.0 Å².